The minimum Gasteiger partial charge on any atom is -0.316 e. The number of alkyl halides is 3. The van der Waals surface area contributed by atoms with Crippen LogP contribution in [0.3, 0.4) is 0 Å². The van der Waals surface area contributed by atoms with E-state index in [1.54, 1.807) is 0 Å². The minimum absolute atomic E-state index is 0. The molecule has 2 rings (SSSR count). The van der Waals surface area contributed by atoms with E-state index in [-0.39, 0.29) is 24.0 Å². The fraction of sp³-hybridized carbons (Fsp3) is 0.538. The molecule has 1 aromatic carbocycles. The summed E-state index contributed by atoms with van der Waals surface area (Å²) < 4.78 is 65.4. The van der Waals surface area contributed by atoms with Crippen molar-refractivity contribution >= 4 is 34.0 Å². The maximum Gasteiger partial charge on any atom is 0.417 e. The van der Waals surface area contributed by atoms with Crippen LogP contribution in [0.5, 0.6) is 0 Å². The van der Waals surface area contributed by atoms with Crippen molar-refractivity contribution in [3.63, 3.8) is 0 Å². The van der Waals surface area contributed by atoms with E-state index in [4.69, 9.17) is 11.6 Å². The highest BCUT2D eigenvalue weighted by molar-refractivity contribution is 7.89. The van der Waals surface area contributed by atoms with Gasteiger partial charge in [0.25, 0.3) is 0 Å². The van der Waals surface area contributed by atoms with E-state index in [2.05, 4.69) is 10.0 Å². The SMILES string of the molecule is Cl.O=S(=O)(NCCC1CCNC1)c1ccc(Cl)cc1C(F)(F)F. The van der Waals surface area contributed by atoms with E-state index in [0.717, 1.165) is 31.6 Å². The first kappa shape index (κ1) is 20.5. The average molecular weight is 393 g/mol. The van der Waals surface area contributed by atoms with Gasteiger partial charge in [-0.1, -0.05) is 11.6 Å². The Hall–Kier alpha value is -0.540. The van der Waals surface area contributed by atoms with Crippen LogP contribution in [-0.4, -0.2) is 28.1 Å². The van der Waals surface area contributed by atoms with Gasteiger partial charge in [-0.3, -0.25) is 0 Å². The molecule has 0 aromatic heterocycles. The average Bonchev–Trinajstić information content (AvgIpc) is 2.90. The van der Waals surface area contributed by atoms with Crippen molar-refractivity contribution in [2.24, 2.45) is 5.92 Å². The molecule has 0 saturated carbocycles. The molecule has 0 aliphatic carbocycles. The molecule has 132 valence electrons. The highest BCUT2D eigenvalue weighted by atomic mass is 35.5. The second-order valence-corrected chi connectivity index (χ2v) is 7.36. The third-order valence-corrected chi connectivity index (χ3v) is 5.30. The lowest BCUT2D eigenvalue weighted by Crippen LogP contribution is -2.28. The van der Waals surface area contributed by atoms with Crippen molar-refractivity contribution in [1.29, 1.82) is 0 Å². The van der Waals surface area contributed by atoms with Crippen molar-refractivity contribution in [3.05, 3.63) is 28.8 Å². The third kappa shape index (κ3) is 5.49. The molecule has 23 heavy (non-hydrogen) atoms. The summed E-state index contributed by atoms with van der Waals surface area (Å²) in [5.41, 5.74) is -1.25. The molecule has 1 heterocycles. The van der Waals surface area contributed by atoms with Gasteiger partial charge in [0.15, 0.2) is 0 Å². The zero-order valence-electron chi connectivity index (χ0n) is 12.0. The van der Waals surface area contributed by atoms with Crippen LogP contribution in [0.4, 0.5) is 13.2 Å². The molecule has 1 aliphatic rings. The molecule has 0 amide bonds. The molecule has 0 radical (unpaired) electrons. The monoisotopic (exact) mass is 392 g/mol. The van der Waals surface area contributed by atoms with E-state index in [9.17, 15) is 21.6 Å². The summed E-state index contributed by atoms with van der Waals surface area (Å²) >= 11 is 5.54. The molecule has 1 fully saturated rings. The van der Waals surface area contributed by atoms with Gasteiger partial charge in [0.05, 0.1) is 10.5 Å². The minimum atomic E-state index is -4.79. The smallest absolute Gasteiger partial charge is 0.316 e. The van der Waals surface area contributed by atoms with Gasteiger partial charge in [0.2, 0.25) is 10.0 Å². The molecule has 4 nitrogen and oxygen atoms in total. The van der Waals surface area contributed by atoms with Crippen LogP contribution in [0.15, 0.2) is 23.1 Å². The summed E-state index contributed by atoms with van der Waals surface area (Å²) in [4.78, 5) is -0.797. The zero-order valence-corrected chi connectivity index (χ0v) is 14.4. The Morgan fingerprint density at radius 1 is 1.35 bits per heavy atom. The predicted molar refractivity (Wildman–Crippen MR) is 84.5 cm³/mol. The van der Waals surface area contributed by atoms with Gasteiger partial charge in [-0.25, -0.2) is 13.1 Å². The lowest BCUT2D eigenvalue weighted by atomic mass is 10.1. The summed E-state index contributed by atoms with van der Waals surface area (Å²) in [6, 6.07) is 2.63. The van der Waals surface area contributed by atoms with Crippen LogP contribution < -0.4 is 10.0 Å². The van der Waals surface area contributed by atoms with Gasteiger partial charge in [-0.05, 0) is 50.0 Å². The Morgan fingerprint density at radius 2 is 2.04 bits per heavy atom. The van der Waals surface area contributed by atoms with Gasteiger partial charge in [0, 0.05) is 11.6 Å². The molecule has 1 saturated heterocycles. The normalized spacial score (nSPS) is 18.7. The maximum absolute atomic E-state index is 13.0. The molecule has 1 aromatic rings. The molecule has 1 aliphatic heterocycles. The van der Waals surface area contributed by atoms with Crippen molar-refractivity contribution in [2.45, 2.75) is 23.9 Å². The molecule has 1 unspecified atom stereocenters. The highest BCUT2D eigenvalue weighted by Gasteiger charge is 2.37. The quantitative estimate of drug-likeness (QED) is 0.809. The first-order valence-corrected chi connectivity index (χ1v) is 8.63. The van der Waals surface area contributed by atoms with Gasteiger partial charge < -0.3 is 5.32 Å². The number of benzene rings is 1. The van der Waals surface area contributed by atoms with Gasteiger partial charge >= 0.3 is 6.18 Å². The summed E-state index contributed by atoms with van der Waals surface area (Å²) in [5.74, 6) is 0.343. The zero-order chi connectivity index (χ0) is 16.4. The predicted octanol–water partition coefficient (Wildman–Crippen LogP) is 3.06. The summed E-state index contributed by atoms with van der Waals surface area (Å²) in [6.45, 7) is 1.79. The fourth-order valence-electron chi connectivity index (χ4n) is 2.39. The first-order chi connectivity index (χ1) is 10.2. The van der Waals surface area contributed by atoms with E-state index in [1.807, 2.05) is 0 Å². The lowest BCUT2D eigenvalue weighted by molar-refractivity contribution is -0.139. The topological polar surface area (TPSA) is 58.2 Å². The number of halogens is 5. The Balaban J connectivity index is 0.00000264. The fourth-order valence-corrected chi connectivity index (χ4v) is 3.82. The summed E-state index contributed by atoms with van der Waals surface area (Å²) in [6.07, 6.45) is -3.26. The van der Waals surface area contributed by atoms with Crippen molar-refractivity contribution in [2.75, 3.05) is 19.6 Å². The van der Waals surface area contributed by atoms with Crippen molar-refractivity contribution < 1.29 is 21.6 Å². The molecular formula is C13H17Cl2F3N2O2S. The van der Waals surface area contributed by atoms with Crippen LogP contribution in [-0.2, 0) is 16.2 Å². The molecule has 1 atom stereocenters. The van der Waals surface area contributed by atoms with Gasteiger partial charge in [0.1, 0.15) is 0 Å². The molecular weight excluding hydrogens is 376 g/mol. The van der Waals surface area contributed by atoms with Gasteiger partial charge in [-0.15, -0.1) is 12.4 Å². The van der Waals surface area contributed by atoms with E-state index < -0.39 is 26.7 Å². The second-order valence-electron chi connectivity index (χ2n) is 5.18. The number of sulfonamides is 1. The highest BCUT2D eigenvalue weighted by Crippen LogP contribution is 2.35. The van der Waals surface area contributed by atoms with Crippen molar-refractivity contribution in [3.8, 4) is 0 Å². The van der Waals surface area contributed by atoms with Crippen LogP contribution in [0.1, 0.15) is 18.4 Å². The van der Waals surface area contributed by atoms with Crippen LogP contribution in [0, 0.1) is 5.92 Å². The molecule has 0 spiro atoms. The van der Waals surface area contributed by atoms with Crippen LogP contribution in [0.25, 0.3) is 0 Å². The Morgan fingerprint density at radius 3 is 2.61 bits per heavy atom. The van der Waals surface area contributed by atoms with E-state index in [0.29, 0.717) is 18.4 Å². The number of nitrogens with one attached hydrogen (secondary N) is 2. The number of hydrogen-bond acceptors (Lipinski definition) is 3. The van der Waals surface area contributed by atoms with E-state index in [1.165, 1.54) is 0 Å². The van der Waals surface area contributed by atoms with Crippen LogP contribution >= 0.6 is 24.0 Å². The number of rotatable bonds is 5. The molecule has 0 bridgehead atoms. The second kappa shape index (κ2) is 8.02. The lowest BCUT2D eigenvalue weighted by Gasteiger charge is -2.15. The Kier molecular flexibility index (Phi) is 7.15. The third-order valence-electron chi connectivity index (χ3n) is 3.54. The Labute approximate surface area is 144 Å². The summed E-state index contributed by atoms with van der Waals surface area (Å²) in [5, 5.41) is 2.98. The molecule has 2 N–H and O–H groups in total. The molecule has 10 heteroatoms. The maximum atomic E-state index is 13.0. The van der Waals surface area contributed by atoms with Crippen LogP contribution in [0.2, 0.25) is 5.02 Å². The van der Waals surface area contributed by atoms with Gasteiger partial charge in [-0.2, -0.15) is 13.2 Å². The number of hydrogen-bond donors (Lipinski definition) is 2. The summed E-state index contributed by atoms with van der Waals surface area (Å²) in [7, 11) is -4.23. The largest absolute Gasteiger partial charge is 0.417 e. The Bertz CT molecular complexity index is 633. The van der Waals surface area contributed by atoms with Crippen molar-refractivity contribution in [1.82, 2.24) is 10.0 Å². The first-order valence-electron chi connectivity index (χ1n) is 6.77. The van der Waals surface area contributed by atoms with E-state index >= 15 is 0 Å². The standard InChI is InChI=1S/C13H16ClF3N2O2S.ClH/c14-10-1-2-12(11(7-10)13(15,16)17)22(20,21)19-6-4-9-3-5-18-8-9;/h1-2,7,9,18-19H,3-6,8H2;1H.